The molecule has 0 aliphatic carbocycles. The van der Waals surface area contributed by atoms with Crippen molar-refractivity contribution in [3.8, 4) is 5.69 Å². The number of rotatable bonds is 3. The smallest absolute Gasteiger partial charge is 0.102 e. The minimum absolute atomic E-state index is 0.785. The Morgan fingerprint density at radius 2 is 2.36 bits per heavy atom. The summed E-state index contributed by atoms with van der Waals surface area (Å²) >= 11 is 0. The van der Waals surface area contributed by atoms with E-state index in [2.05, 4.69) is 15.5 Å². The van der Waals surface area contributed by atoms with Gasteiger partial charge in [0.05, 0.1) is 18.1 Å². The molecule has 0 spiro atoms. The Bertz CT molecular complexity index is 414. The molecule has 0 radical (unpaired) electrons. The maximum absolute atomic E-state index is 4.38. The van der Waals surface area contributed by atoms with E-state index in [4.69, 9.17) is 0 Å². The van der Waals surface area contributed by atoms with Gasteiger partial charge in [-0.1, -0.05) is 0 Å². The minimum atomic E-state index is 0.785. The van der Waals surface area contributed by atoms with Crippen LogP contribution in [-0.2, 0) is 13.6 Å². The van der Waals surface area contributed by atoms with E-state index in [1.165, 1.54) is 0 Å². The summed E-state index contributed by atoms with van der Waals surface area (Å²) in [4.78, 5) is 0. The number of hydrogen-bond acceptors (Lipinski definition) is 3. The Kier molecular flexibility index (Phi) is 2.32. The van der Waals surface area contributed by atoms with Crippen molar-refractivity contribution in [2.24, 2.45) is 7.05 Å². The first-order valence-electron chi connectivity index (χ1n) is 4.48. The van der Waals surface area contributed by atoms with Gasteiger partial charge in [-0.25, -0.2) is 4.68 Å². The van der Waals surface area contributed by atoms with Gasteiger partial charge in [-0.3, -0.25) is 4.68 Å². The average molecular weight is 191 g/mol. The summed E-state index contributed by atoms with van der Waals surface area (Å²) in [6, 6.07) is 1.99. The quantitative estimate of drug-likeness (QED) is 0.760. The van der Waals surface area contributed by atoms with Crippen molar-refractivity contribution in [1.82, 2.24) is 24.9 Å². The van der Waals surface area contributed by atoms with Gasteiger partial charge in [-0.2, -0.15) is 10.2 Å². The van der Waals surface area contributed by atoms with E-state index >= 15 is 0 Å². The van der Waals surface area contributed by atoms with Gasteiger partial charge in [-0.15, -0.1) is 0 Å². The summed E-state index contributed by atoms with van der Waals surface area (Å²) in [6.07, 6.45) is 5.65. The molecule has 2 aromatic rings. The van der Waals surface area contributed by atoms with Crippen LogP contribution >= 0.6 is 0 Å². The summed E-state index contributed by atoms with van der Waals surface area (Å²) in [7, 11) is 3.80. The lowest BCUT2D eigenvalue weighted by Gasteiger charge is -1.95. The summed E-state index contributed by atoms with van der Waals surface area (Å²) < 4.78 is 3.58. The number of aryl methyl sites for hydroxylation is 1. The zero-order chi connectivity index (χ0) is 9.97. The number of nitrogens with zero attached hydrogens (tertiary/aromatic N) is 4. The van der Waals surface area contributed by atoms with Crippen LogP contribution in [0.4, 0.5) is 0 Å². The molecule has 2 aromatic heterocycles. The number of aromatic nitrogens is 4. The topological polar surface area (TPSA) is 47.7 Å². The van der Waals surface area contributed by atoms with Crippen molar-refractivity contribution in [2.45, 2.75) is 6.54 Å². The fourth-order valence-electron chi connectivity index (χ4n) is 1.31. The van der Waals surface area contributed by atoms with Crippen molar-refractivity contribution in [3.63, 3.8) is 0 Å². The first-order chi connectivity index (χ1) is 6.79. The van der Waals surface area contributed by atoms with Crippen LogP contribution in [0.2, 0.25) is 0 Å². The van der Waals surface area contributed by atoms with Crippen LogP contribution in [0, 0.1) is 0 Å². The highest BCUT2D eigenvalue weighted by molar-refractivity contribution is 5.24. The summed E-state index contributed by atoms with van der Waals surface area (Å²) in [5.41, 5.74) is 2.01. The molecular weight excluding hydrogens is 178 g/mol. The molecule has 0 saturated heterocycles. The van der Waals surface area contributed by atoms with E-state index in [0.717, 1.165) is 17.9 Å². The third-order valence-electron chi connectivity index (χ3n) is 1.96. The molecule has 0 unspecified atom stereocenters. The van der Waals surface area contributed by atoms with Gasteiger partial charge in [0.2, 0.25) is 0 Å². The molecule has 0 amide bonds. The number of nitrogens with one attached hydrogen (secondary N) is 1. The van der Waals surface area contributed by atoms with Gasteiger partial charge < -0.3 is 5.32 Å². The predicted octanol–water partition coefficient (Wildman–Crippen LogP) is 0.325. The first kappa shape index (κ1) is 8.96. The Labute approximate surface area is 82.3 Å². The molecule has 0 saturated carbocycles. The summed E-state index contributed by atoms with van der Waals surface area (Å²) in [5.74, 6) is 0. The van der Waals surface area contributed by atoms with Crippen molar-refractivity contribution < 1.29 is 0 Å². The Morgan fingerprint density at radius 3 is 3.00 bits per heavy atom. The predicted molar refractivity (Wildman–Crippen MR) is 53.1 cm³/mol. The van der Waals surface area contributed by atoms with Crippen LogP contribution in [0.1, 0.15) is 5.69 Å². The number of hydrogen-bond donors (Lipinski definition) is 1. The van der Waals surface area contributed by atoms with Crippen LogP contribution in [0.5, 0.6) is 0 Å². The maximum Gasteiger partial charge on any atom is 0.102 e. The minimum Gasteiger partial charge on any atom is -0.314 e. The molecule has 0 aromatic carbocycles. The fraction of sp³-hybridized carbons (Fsp3) is 0.333. The Hall–Kier alpha value is -1.62. The van der Waals surface area contributed by atoms with E-state index in [9.17, 15) is 0 Å². The largest absolute Gasteiger partial charge is 0.314 e. The van der Waals surface area contributed by atoms with Crippen molar-refractivity contribution in [2.75, 3.05) is 7.05 Å². The highest BCUT2D eigenvalue weighted by Crippen LogP contribution is 2.05. The maximum atomic E-state index is 4.38. The van der Waals surface area contributed by atoms with E-state index in [1.54, 1.807) is 10.9 Å². The van der Waals surface area contributed by atoms with Gasteiger partial charge in [0.25, 0.3) is 0 Å². The molecule has 0 fully saturated rings. The lowest BCUT2D eigenvalue weighted by molar-refractivity contribution is 0.752. The molecule has 0 aliphatic rings. The van der Waals surface area contributed by atoms with E-state index < -0.39 is 0 Å². The molecule has 74 valence electrons. The summed E-state index contributed by atoms with van der Waals surface area (Å²) in [5, 5.41) is 11.5. The van der Waals surface area contributed by atoms with E-state index in [0.29, 0.717) is 0 Å². The molecule has 5 heteroatoms. The van der Waals surface area contributed by atoms with Crippen molar-refractivity contribution >= 4 is 0 Å². The fourth-order valence-corrected chi connectivity index (χ4v) is 1.31. The van der Waals surface area contributed by atoms with Crippen LogP contribution < -0.4 is 5.32 Å². The van der Waals surface area contributed by atoms with Crippen molar-refractivity contribution in [3.05, 3.63) is 30.4 Å². The normalized spacial score (nSPS) is 10.7. The lowest BCUT2D eigenvalue weighted by atomic mass is 10.4. The van der Waals surface area contributed by atoms with Gasteiger partial charge in [-0.05, 0) is 13.1 Å². The second kappa shape index (κ2) is 3.63. The molecule has 2 heterocycles. The van der Waals surface area contributed by atoms with Gasteiger partial charge in [0.1, 0.15) is 5.69 Å². The highest BCUT2D eigenvalue weighted by Gasteiger charge is 2.01. The van der Waals surface area contributed by atoms with Crippen LogP contribution in [0.3, 0.4) is 0 Å². The van der Waals surface area contributed by atoms with Crippen LogP contribution in [-0.4, -0.2) is 26.6 Å². The Morgan fingerprint density at radius 1 is 1.50 bits per heavy atom. The second-order valence-electron chi connectivity index (χ2n) is 3.15. The van der Waals surface area contributed by atoms with Crippen LogP contribution in [0.25, 0.3) is 5.69 Å². The molecule has 0 bridgehead atoms. The van der Waals surface area contributed by atoms with Gasteiger partial charge in [0, 0.05) is 19.8 Å². The van der Waals surface area contributed by atoms with E-state index in [1.807, 2.05) is 37.2 Å². The van der Waals surface area contributed by atoms with Gasteiger partial charge >= 0.3 is 0 Å². The highest BCUT2D eigenvalue weighted by atomic mass is 15.3. The molecule has 2 rings (SSSR count). The standard InChI is InChI=1S/C9H13N5/c1-10-5-8-3-4-14(12-8)9-6-11-13(2)7-9/h3-4,6-7,10H,5H2,1-2H3. The Balaban J connectivity index is 2.24. The van der Waals surface area contributed by atoms with E-state index in [-0.39, 0.29) is 0 Å². The molecule has 0 atom stereocenters. The lowest BCUT2D eigenvalue weighted by Crippen LogP contribution is -2.06. The average Bonchev–Trinajstić information content (AvgIpc) is 2.74. The molecule has 14 heavy (non-hydrogen) atoms. The molecule has 5 nitrogen and oxygen atoms in total. The van der Waals surface area contributed by atoms with Crippen molar-refractivity contribution in [1.29, 1.82) is 0 Å². The first-order valence-corrected chi connectivity index (χ1v) is 4.48. The van der Waals surface area contributed by atoms with Crippen LogP contribution in [0.15, 0.2) is 24.7 Å². The zero-order valence-electron chi connectivity index (χ0n) is 8.31. The summed E-state index contributed by atoms with van der Waals surface area (Å²) in [6.45, 7) is 0.785. The SMILES string of the molecule is CNCc1ccn(-c2cnn(C)c2)n1. The molecule has 0 aliphatic heterocycles. The zero-order valence-corrected chi connectivity index (χ0v) is 8.31. The second-order valence-corrected chi connectivity index (χ2v) is 3.15. The molecular formula is C9H13N5. The molecule has 1 N–H and O–H groups in total. The third-order valence-corrected chi connectivity index (χ3v) is 1.96. The monoisotopic (exact) mass is 191 g/mol. The third kappa shape index (κ3) is 1.67. The van der Waals surface area contributed by atoms with Gasteiger partial charge in [0.15, 0.2) is 0 Å².